The minimum absolute atomic E-state index is 0.199. The van der Waals surface area contributed by atoms with E-state index in [1.165, 1.54) is 30.7 Å². The normalized spacial score (nSPS) is 11.1. The number of amides is 1. The third kappa shape index (κ3) is 5.52. The molecule has 0 aliphatic carbocycles. The van der Waals surface area contributed by atoms with Gasteiger partial charge in [0.1, 0.15) is 0 Å². The molecule has 0 aliphatic heterocycles. The standard InChI is InChI=1S/C17H28N2O5S/c1-6-8-9-10-18-17(20)13-11-15(23-3)16(24-4)12-14(13)19(7-2)25(5,21)22/h11-12H,6-10H2,1-5H3,(H,18,20). The molecule has 1 aromatic rings. The Morgan fingerprint density at radius 3 is 2.20 bits per heavy atom. The average molecular weight is 372 g/mol. The van der Waals surface area contributed by atoms with E-state index in [0.29, 0.717) is 18.0 Å². The zero-order valence-electron chi connectivity index (χ0n) is 15.6. The lowest BCUT2D eigenvalue weighted by molar-refractivity contribution is 0.0953. The van der Waals surface area contributed by atoms with Crippen molar-refractivity contribution in [2.75, 3.05) is 37.9 Å². The number of hydrogen-bond acceptors (Lipinski definition) is 5. The van der Waals surface area contributed by atoms with E-state index in [2.05, 4.69) is 12.2 Å². The number of anilines is 1. The Hall–Kier alpha value is -1.96. The fourth-order valence-electron chi connectivity index (χ4n) is 2.51. The SMILES string of the molecule is CCCCCNC(=O)c1cc(OC)c(OC)cc1N(CC)S(C)(=O)=O. The fourth-order valence-corrected chi connectivity index (χ4v) is 3.49. The van der Waals surface area contributed by atoms with Gasteiger partial charge in [-0.3, -0.25) is 9.10 Å². The molecule has 0 radical (unpaired) electrons. The van der Waals surface area contributed by atoms with Gasteiger partial charge in [-0.05, 0) is 19.4 Å². The molecule has 1 N–H and O–H groups in total. The molecule has 0 atom stereocenters. The summed E-state index contributed by atoms with van der Waals surface area (Å²) in [7, 11) is -0.613. The monoisotopic (exact) mass is 372 g/mol. The van der Waals surface area contributed by atoms with Crippen molar-refractivity contribution < 1.29 is 22.7 Å². The number of rotatable bonds is 10. The van der Waals surface area contributed by atoms with Crippen LogP contribution in [0.1, 0.15) is 43.5 Å². The van der Waals surface area contributed by atoms with Crippen LogP contribution in [-0.4, -0.2) is 47.9 Å². The highest BCUT2D eigenvalue weighted by molar-refractivity contribution is 7.92. The quantitative estimate of drug-likeness (QED) is 0.638. The predicted molar refractivity (Wildman–Crippen MR) is 99.3 cm³/mol. The summed E-state index contributed by atoms with van der Waals surface area (Å²) in [5.41, 5.74) is 0.511. The van der Waals surface area contributed by atoms with Crippen molar-refractivity contribution in [2.45, 2.75) is 33.1 Å². The Bertz CT molecular complexity index is 689. The molecule has 0 unspecified atom stereocenters. The van der Waals surface area contributed by atoms with Crippen LogP contribution in [-0.2, 0) is 10.0 Å². The second-order valence-electron chi connectivity index (χ2n) is 5.62. The van der Waals surface area contributed by atoms with Crippen molar-refractivity contribution in [2.24, 2.45) is 0 Å². The van der Waals surface area contributed by atoms with Crippen LogP contribution in [0.4, 0.5) is 5.69 Å². The van der Waals surface area contributed by atoms with Gasteiger partial charge < -0.3 is 14.8 Å². The maximum Gasteiger partial charge on any atom is 0.253 e. The molecular formula is C17H28N2O5S. The van der Waals surface area contributed by atoms with Crippen LogP contribution >= 0.6 is 0 Å². The second kappa shape index (κ2) is 9.50. The van der Waals surface area contributed by atoms with Crippen LogP contribution in [0.3, 0.4) is 0 Å². The molecule has 0 aromatic heterocycles. The first-order chi connectivity index (χ1) is 11.8. The molecule has 1 rings (SSSR count). The van der Waals surface area contributed by atoms with E-state index in [0.717, 1.165) is 25.5 Å². The molecule has 1 aromatic carbocycles. The van der Waals surface area contributed by atoms with Crippen molar-refractivity contribution in [3.8, 4) is 11.5 Å². The second-order valence-corrected chi connectivity index (χ2v) is 7.52. The van der Waals surface area contributed by atoms with Gasteiger partial charge in [-0.2, -0.15) is 0 Å². The third-order valence-electron chi connectivity index (χ3n) is 3.77. The van der Waals surface area contributed by atoms with Crippen molar-refractivity contribution in [3.63, 3.8) is 0 Å². The highest BCUT2D eigenvalue weighted by atomic mass is 32.2. The Labute approximate surface area is 150 Å². The number of nitrogens with one attached hydrogen (secondary N) is 1. The van der Waals surface area contributed by atoms with Crippen LogP contribution in [0.25, 0.3) is 0 Å². The molecule has 8 heteroatoms. The van der Waals surface area contributed by atoms with Crippen molar-refractivity contribution >= 4 is 21.6 Å². The van der Waals surface area contributed by atoms with E-state index >= 15 is 0 Å². The average Bonchev–Trinajstić information content (AvgIpc) is 2.57. The minimum atomic E-state index is -3.54. The van der Waals surface area contributed by atoms with Crippen molar-refractivity contribution in [1.29, 1.82) is 0 Å². The molecule has 25 heavy (non-hydrogen) atoms. The molecule has 142 valence electrons. The largest absolute Gasteiger partial charge is 0.493 e. The van der Waals surface area contributed by atoms with Gasteiger partial charge in [0.25, 0.3) is 5.91 Å². The highest BCUT2D eigenvalue weighted by Crippen LogP contribution is 2.36. The van der Waals surface area contributed by atoms with Gasteiger partial charge in [-0.15, -0.1) is 0 Å². The number of carbonyl (C=O) groups is 1. The fraction of sp³-hybridized carbons (Fsp3) is 0.588. The molecule has 0 fully saturated rings. The van der Waals surface area contributed by atoms with Crippen molar-refractivity contribution in [3.05, 3.63) is 17.7 Å². The van der Waals surface area contributed by atoms with Gasteiger partial charge in [-0.25, -0.2) is 8.42 Å². The maximum absolute atomic E-state index is 12.6. The van der Waals surface area contributed by atoms with Crippen LogP contribution in [0.15, 0.2) is 12.1 Å². The summed E-state index contributed by atoms with van der Waals surface area (Å²) in [5.74, 6) is 0.394. The molecule has 0 saturated carbocycles. The number of hydrogen-bond donors (Lipinski definition) is 1. The number of carbonyl (C=O) groups excluding carboxylic acids is 1. The number of benzene rings is 1. The Kier molecular flexibility index (Phi) is 8.02. The van der Waals surface area contributed by atoms with Crippen molar-refractivity contribution in [1.82, 2.24) is 5.32 Å². The summed E-state index contributed by atoms with van der Waals surface area (Å²) in [6.45, 7) is 4.52. The smallest absolute Gasteiger partial charge is 0.253 e. The number of ether oxygens (including phenoxy) is 2. The molecule has 7 nitrogen and oxygen atoms in total. The lowest BCUT2D eigenvalue weighted by atomic mass is 10.1. The van der Waals surface area contributed by atoms with E-state index < -0.39 is 10.0 Å². The minimum Gasteiger partial charge on any atom is -0.493 e. The zero-order chi connectivity index (χ0) is 19.0. The zero-order valence-corrected chi connectivity index (χ0v) is 16.4. The number of unbranched alkanes of at least 4 members (excludes halogenated alkanes) is 2. The summed E-state index contributed by atoms with van der Waals surface area (Å²) in [5, 5.41) is 2.84. The Morgan fingerprint density at radius 2 is 1.72 bits per heavy atom. The Morgan fingerprint density at radius 1 is 1.12 bits per heavy atom. The van der Waals surface area contributed by atoms with Gasteiger partial charge in [0.05, 0.1) is 31.7 Å². The number of methoxy groups -OCH3 is 2. The van der Waals surface area contributed by atoms with E-state index in [1.807, 2.05) is 0 Å². The summed E-state index contributed by atoms with van der Waals surface area (Å²) in [6.07, 6.45) is 4.04. The van der Waals surface area contributed by atoms with Gasteiger partial charge in [-0.1, -0.05) is 19.8 Å². The lowest BCUT2D eigenvalue weighted by Gasteiger charge is -2.24. The van der Waals surface area contributed by atoms with Gasteiger partial charge in [0, 0.05) is 19.2 Å². The highest BCUT2D eigenvalue weighted by Gasteiger charge is 2.25. The first-order valence-electron chi connectivity index (χ1n) is 8.32. The van der Waals surface area contributed by atoms with E-state index in [1.54, 1.807) is 6.92 Å². The first kappa shape index (κ1) is 21.1. The summed E-state index contributed by atoms with van der Waals surface area (Å²) in [4.78, 5) is 12.6. The van der Waals surface area contributed by atoms with Crippen LogP contribution in [0.5, 0.6) is 11.5 Å². The van der Waals surface area contributed by atoms with E-state index in [-0.39, 0.29) is 23.7 Å². The van der Waals surface area contributed by atoms with Crippen LogP contribution in [0, 0.1) is 0 Å². The molecule has 0 saturated heterocycles. The molecular weight excluding hydrogens is 344 g/mol. The Balaban J connectivity index is 3.34. The molecule has 0 spiro atoms. The number of nitrogens with zero attached hydrogens (tertiary/aromatic N) is 1. The maximum atomic E-state index is 12.6. The molecule has 0 heterocycles. The topological polar surface area (TPSA) is 84.9 Å². The van der Waals surface area contributed by atoms with E-state index in [4.69, 9.17) is 9.47 Å². The lowest BCUT2D eigenvalue weighted by Crippen LogP contribution is -2.33. The first-order valence-corrected chi connectivity index (χ1v) is 10.2. The third-order valence-corrected chi connectivity index (χ3v) is 5.02. The summed E-state index contributed by atoms with van der Waals surface area (Å²) >= 11 is 0. The van der Waals surface area contributed by atoms with Crippen LogP contribution in [0.2, 0.25) is 0 Å². The summed E-state index contributed by atoms with van der Waals surface area (Å²) < 4.78 is 35.9. The predicted octanol–water partition coefficient (Wildman–Crippen LogP) is 2.41. The van der Waals surface area contributed by atoms with Gasteiger partial charge in [0.2, 0.25) is 10.0 Å². The summed E-state index contributed by atoms with van der Waals surface area (Å²) in [6, 6.07) is 3.03. The van der Waals surface area contributed by atoms with Gasteiger partial charge >= 0.3 is 0 Å². The molecule has 0 aliphatic rings. The molecule has 0 bridgehead atoms. The van der Waals surface area contributed by atoms with Gasteiger partial charge in [0.15, 0.2) is 11.5 Å². The molecule has 1 amide bonds. The number of sulfonamides is 1. The van der Waals surface area contributed by atoms with Crippen LogP contribution < -0.4 is 19.1 Å². The van der Waals surface area contributed by atoms with E-state index in [9.17, 15) is 13.2 Å².